The fourth-order valence-electron chi connectivity index (χ4n) is 3.82. The molecule has 2 aliphatic rings. The molecule has 134 valence electrons. The SMILES string of the molecule is Cn1cc([C@H]2[C@H](CN3CCCCC3)OCCN2C(=O)CCN)cn1. The summed E-state index contributed by atoms with van der Waals surface area (Å²) in [5, 5.41) is 4.30. The number of hydrogen-bond donors (Lipinski definition) is 1. The first-order chi connectivity index (χ1) is 11.7. The molecule has 0 aromatic carbocycles. The molecule has 0 radical (unpaired) electrons. The van der Waals surface area contributed by atoms with E-state index in [0.717, 1.165) is 25.2 Å². The summed E-state index contributed by atoms with van der Waals surface area (Å²) in [7, 11) is 1.90. The molecule has 0 saturated carbocycles. The van der Waals surface area contributed by atoms with Crippen LogP contribution in [0.3, 0.4) is 0 Å². The fourth-order valence-corrected chi connectivity index (χ4v) is 3.82. The van der Waals surface area contributed by atoms with Crippen LogP contribution in [0.25, 0.3) is 0 Å². The topological polar surface area (TPSA) is 76.6 Å². The van der Waals surface area contributed by atoms with Crippen molar-refractivity contribution in [2.75, 3.05) is 39.3 Å². The zero-order valence-electron chi connectivity index (χ0n) is 14.6. The monoisotopic (exact) mass is 335 g/mol. The van der Waals surface area contributed by atoms with Crippen LogP contribution in [0.4, 0.5) is 0 Å². The quantitative estimate of drug-likeness (QED) is 0.849. The molecule has 2 saturated heterocycles. The van der Waals surface area contributed by atoms with E-state index in [4.69, 9.17) is 10.5 Å². The van der Waals surface area contributed by atoms with E-state index < -0.39 is 0 Å². The average Bonchev–Trinajstić information content (AvgIpc) is 3.02. The first-order valence-corrected chi connectivity index (χ1v) is 9.01. The standard InChI is InChI=1S/C17H29N5O2/c1-20-12-14(11-19-20)17-15(13-21-7-3-2-4-8-21)24-10-9-22(17)16(23)5-6-18/h11-12,15,17H,2-10,13,18H2,1H3/t15-,17-/m0/s1. The Morgan fingerprint density at radius 2 is 2.12 bits per heavy atom. The lowest BCUT2D eigenvalue weighted by Crippen LogP contribution is -2.52. The van der Waals surface area contributed by atoms with Gasteiger partial charge in [0.15, 0.2) is 0 Å². The summed E-state index contributed by atoms with van der Waals surface area (Å²) >= 11 is 0. The maximum atomic E-state index is 12.6. The van der Waals surface area contributed by atoms with Gasteiger partial charge < -0.3 is 20.3 Å². The summed E-state index contributed by atoms with van der Waals surface area (Å²) in [6, 6.07) is -0.0755. The predicted octanol–water partition coefficient (Wildman–Crippen LogP) is 0.523. The van der Waals surface area contributed by atoms with Crippen LogP contribution < -0.4 is 5.73 Å². The number of amides is 1. The predicted molar refractivity (Wildman–Crippen MR) is 91.4 cm³/mol. The van der Waals surface area contributed by atoms with Gasteiger partial charge in [0.05, 0.1) is 24.9 Å². The van der Waals surface area contributed by atoms with Gasteiger partial charge in [-0.1, -0.05) is 6.42 Å². The minimum atomic E-state index is -0.0755. The van der Waals surface area contributed by atoms with Crippen LogP contribution in [-0.4, -0.2) is 70.9 Å². The Kier molecular flexibility index (Phi) is 5.86. The van der Waals surface area contributed by atoms with Gasteiger partial charge in [-0.05, 0) is 25.9 Å². The average molecular weight is 335 g/mol. The highest BCUT2D eigenvalue weighted by molar-refractivity contribution is 5.77. The molecule has 2 fully saturated rings. The molecule has 1 aromatic heterocycles. The number of nitrogens with zero attached hydrogens (tertiary/aromatic N) is 4. The van der Waals surface area contributed by atoms with E-state index in [0.29, 0.717) is 26.1 Å². The van der Waals surface area contributed by atoms with Gasteiger partial charge in [-0.3, -0.25) is 9.48 Å². The Labute approximate surface area is 143 Å². The number of aromatic nitrogens is 2. The zero-order valence-corrected chi connectivity index (χ0v) is 14.6. The lowest BCUT2D eigenvalue weighted by molar-refractivity contribution is -0.148. The van der Waals surface area contributed by atoms with Crippen LogP contribution in [-0.2, 0) is 16.6 Å². The molecule has 0 spiro atoms. The molecule has 2 N–H and O–H groups in total. The van der Waals surface area contributed by atoms with Crippen LogP contribution in [0, 0.1) is 0 Å². The van der Waals surface area contributed by atoms with Gasteiger partial charge in [0, 0.05) is 44.9 Å². The van der Waals surface area contributed by atoms with Crippen LogP contribution in [0.1, 0.15) is 37.3 Å². The highest BCUT2D eigenvalue weighted by Gasteiger charge is 2.37. The van der Waals surface area contributed by atoms with Crippen molar-refractivity contribution in [1.82, 2.24) is 19.6 Å². The number of nitrogens with two attached hydrogens (primary N) is 1. The molecular formula is C17H29N5O2. The van der Waals surface area contributed by atoms with Gasteiger partial charge in [-0.2, -0.15) is 5.10 Å². The number of morpholine rings is 1. The summed E-state index contributed by atoms with van der Waals surface area (Å²) < 4.78 is 7.90. The van der Waals surface area contributed by atoms with E-state index in [-0.39, 0.29) is 18.1 Å². The molecule has 0 bridgehead atoms. The number of carbonyl (C=O) groups excluding carboxylic acids is 1. The first-order valence-electron chi connectivity index (χ1n) is 9.01. The Balaban J connectivity index is 1.80. The molecule has 1 aromatic rings. The van der Waals surface area contributed by atoms with Crippen LogP contribution >= 0.6 is 0 Å². The number of ether oxygens (including phenoxy) is 1. The van der Waals surface area contributed by atoms with Crippen LogP contribution in [0.15, 0.2) is 12.4 Å². The number of aryl methyl sites for hydroxylation is 1. The largest absolute Gasteiger partial charge is 0.373 e. The van der Waals surface area contributed by atoms with E-state index in [1.807, 2.05) is 24.3 Å². The third-order valence-corrected chi connectivity index (χ3v) is 4.98. The molecule has 3 heterocycles. The Bertz CT molecular complexity index is 541. The second kappa shape index (κ2) is 8.09. The summed E-state index contributed by atoms with van der Waals surface area (Å²) in [6.45, 7) is 4.70. The highest BCUT2D eigenvalue weighted by Crippen LogP contribution is 2.31. The van der Waals surface area contributed by atoms with Crippen molar-refractivity contribution in [2.45, 2.75) is 37.8 Å². The van der Waals surface area contributed by atoms with Gasteiger partial charge in [0.25, 0.3) is 0 Å². The molecule has 7 nitrogen and oxygen atoms in total. The maximum Gasteiger partial charge on any atom is 0.224 e. The first kappa shape index (κ1) is 17.4. The summed E-state index contributed by atoms with van der Waals surface area (Å²) in [4.78, 5) is 17.0. The molecule has 0 unspecified atom stereocenters. The van der Waals surface area contributed by atoms with Crippen molar-refractivity contribution in [2.24, 2.45) is 12.8 Å². The summed E-state index contributed by atoms with van der Waals surface area (Å²) in [6.07, 6.45) is 8.03. The van der Waals surface area contributed by atoms with Crippen molar-refractivity contribution in [3.8, 4) is 0 Å². The van der Waals surface area contributed by atoms with Crippen molar-refractivity contribution in [3.63, 3.8) is 0 Å². The fraction of sp³-hybridized carbons (Fsp3) is 0.765. The Morgan fingerprint density at radius 1 is 1.33 bits per heavy atom. The highest BCUT2D eigenvalue weighted by atomic mass is 16.5. The van der Waals surface area contributed by atoms with Crippen molar-refractivity contribution >= 4 is 5.91 Å². The number of carbonyl (C=O) groups is 1. The minimum Gasteiger partial charge on any atom is -0.373 e. The second-order valence-corrected chi connectivity index (χ2v) is 6.79. The molecule has 0 aliphatic carbocycles. The minimum absolute atomic E-state index is 0.0113. The number of piperidine rings is 1. The Hall–Kier alpha value is -1.44. The van der Waals surface area contributed by atoms with E-state index in [9.17, 15) is 4.79 Å². The third-order valence-electron chi connectivity index (χ3n) is 4.98. The molecule has 1 amide bonds. The smallest absolute Gasteiger partial charge is 0.224 e. The van der Waals surface area contributed by atoms with Gasteiger partial charge in [-0.25, -0.2) is 0 Å². The molecule has 24 heavy (non-hydrogen) atoms. The maximum absolute atomic E-state index is 12.6. The number of rotatable bonds is 5. The van der Waals surface area contributed by atoms with Crippen molar-refractivity contribution in [3.05, 3.63) is 18.0 Å². The number of likely N-dealkylation sites (tertiary alicyclic amines) is 1. The molecule has 3 rings (SSSR count). The molecule has 2 atom stereocenters. The summed E-state index contributed by atoms with van der Waals surface area (Å²) in [5.74, 6) is 0.110. The van der Waals surface area contributed by atoms with Gasteiger partial charge >= 0.3 is 0 Å². The van der Waals surface area contributed by atoms with Crippen molar-refractivity contribution in [1.29, 1.82) is 0 Å². The molecule has 7 heteroatoms. The van der Waals surface area contributed by atoms with E-state index >= 15 is 0 Å². The van der Waals surface area contributed by atoms with Gasteiger partial charge in [-0.15, -0.1) is 0 Å². The van der Waals surface area contributed by atoms with E-state index in [1.165, 1.54) is 19.3 Å². The van der Waals surface area contributed by atoms with Gasteiger partial charge in [0.1, 0.15) is 0 Å². The lowest BCUT2D eigenvalue weighted by Gasteiger charge is -2.43. The third kappa shape index (κ3) is 3.96. The molecule has 2 aliphatic heterocycles. The zero-order chi connectivity index (χ0) is 16.9. The molecular weight excluding hydrogens is 306 g/mol. The van der Waals surface area contributed by atoms with Crippen molar-refractivity contribution < 1.29 is 9.53 Å². The van der Waals surface area contributed by atoms with Crippen LogP contribution in [0.2, 0.25) is 0 Å². The van der Waals surface area contributed by atoms with E-state index in [1.54, 1.807) is 4.68 Å². The second-order valence-electron chi connectivity index (χ2n) is 6.79. The lowest BCUT2D eigenvalue weighted by atomic mass is 9.99. The summed E-state index contributed by atoms with van der Waals surface area (Å²) in [5.41, 5.74) is 6.65. The number of hydrogen-bond acceptors (Lipinski definition) is 5. The van der Waals surface area contributed by atoms with Gasteiger partial charge in [0.2, 0.25) is 5.91 Å². The Morgan fingerprint density at radius 3 is 2.79 bits per heavy atom. The normalized spacial score (nSPS) is 25.8. The van der Waals surface area contributed by atoms with E-state index in [2.05, 4.69) is 10.00 Å². The van der Waals surface area contributed by atoms with Crippen LogP contribution in [0.5, 0.6) is 0 Å².